The summed E-state index contributed by atoms with van der Waals surface area (Å²) in [6.07, 6.45) is 5.01. The van der Waals surface area contributed by atoms with E-state index in [1.54, 1.807) is 29.3 Å². The van der Waals surface area contributed by atoms with Gasteiger partial charge in [0.2, 0.25) is 11.9 Å². The molecule has 4 aromatic rings. The van der Waals surface area contributed by atoms with Gasteiger partial charge in [0.25, 0.3) is 0 Å². The lowest BCUT2D eigenvalue weighted by Gasteiger charge is -2.10. The summed E-state index contributed by atoms with van der Waals surface area (Å²) in [7, 11) is 1.81. The van der Waals surface area contributed by atoms with E-state index in [0.717, 1.165) is 22.5 Å². The molecule has 1 amide bonds. The molecule has 0 unspecified atom stereocenters. The Morgan fingerprint density at radius 3 is 2.68 bits per heavy atom. The van der Waals surface area contributed by atoms with Gasteiger partial charge in [-0.05, 0) is 32.0 Å². The molecule has 0 bridgehead atoms. The van der Waals surface area contributed by atoms with Crippen LogP contribution in [0.5, 0.6) is 0 Å². The highest BCUT2D eigenvalue weighted by atomic mass is 35.5. The molecule has 0 saturated heterocycles. The maximum atomic E-state index is 11.6. The van der Waals surface area contributed by atoms with E-state index in [0.29, 0.717) is 28.8 Å². The van der Waals surface area contributed by atoms with Gasteiger partial charge in [0.05, 0.1) is 40.0 Å². The molecule has 0 aliphatic rings. The van der Waals surface area contributed by atoms with Gasteiger partial charge in [-0.3, -0.25) is 14.8 Å². The number of amides is 1. The van der Waals surface area contributed by atoms with Crippen molar-refractivity contribution in [2.24, 2.45) is 7.05 Å². The summed E-state index contributed by atoms with van der Waals surface area (Å²) in [6, 6.07) is 5.53. The number of rotatable bonds is 6. The van der Waals surface area contributed by atoms with Crippen molar-refractivity contribution in [3.05, 3.63) is 48.2 Å². The van der Waals surface area contributed by atoms with E-state index in [4.69, 9.17) is 11.6 Å². The van der Waals surface area contributed by atoms with Crippen molar-refractivity contribution in [3.8, 4) is 0 Å². The molecule has 0 saturated carbocycles. The highest BCUT2D eigenvalue weighted by Gasteiger charge is 2.14. The molecule has 0 aliphatic heterocycles. The topological polar surface area (TPSA) is 123 Å². The number of fused-ring (bicyclic) bond motifs is 1. The maximum Gasteiger partial charge on any atom is 0.239 e. The molecule has 4 heterocycles. The molecule has 31 heavy (non-hydrogen) atoms. The summed E-state index contributed by atoms with van der Waals surface area (Å²) in [6.45, 7) is 3.77. The molecule has 0 aromatic carbocycles. The highest BCUT2D eigenvalue weighted by Crippen LogP contribution is 2.27. The predicted octanol–water partition coefficient (Wildman–Crippen LogP) is 3.43. The van der Waals surface area contributed by atoms with Crippen molar-refractivity contribution >= 4 is 57.4 Å². The predicted molar refractivity (Wildman–Crippen MR) is 120 cm³/mol. The summed E-state index contributed by atoms with van der Waals surface area (Å²) in [5.41, 5.74) is 4.31. The Labute approximate surface area is 183 Å². The second-order valence-electron chi connectivity index (χ2n) is 6.83. The number of pyridine rings is 2. The second-order valence-corrected chi connectivity index (χ2v) is 7.10. The SMILES string of the molecule is Cc1ncccc1Nc1ncc2c(Nc3cc(NC(=O)CCl)cnc3C)nn(C)c2n1. The quantitative estimate of drug-likeness (QED) is 0.392. The number of aryl methyl sites for hydroxylation is 3. The van der Waals surface area contributed by atoms with E-state index in [9.17, 15) is 4.79 Å². The number of aromatic nitrogens is 6. The van der Waals surface area contributed by atoms with Crippen LogP contribution in [0.2, 0.25) is 0 Å². The van der Waals surface area contributed by atoms with Crippen LogP contribution in [-0.2, 0) is 11.8 Å². The molecular formula is C20H20ClN9O. The first-order chi connectivity index (χ1) is 14.9. The van der Waals surface area contributed by atoms with Gasteiger partial charge in [-0.15, -0.1) is 11.6 Å². The van der Waals surface area contributed by atoms with Crippen LogP contribution in [0.25, 0.3) is 11.0 Å². The first kappa shape index (κ1) is 20.5. The zero-order valence-electron chi connectivity index (χ0n) is 17.1. The van der Waals surface area contributed by atoms with E-state index >= 15 is 0 Å². The molecule has 0 spiro atoms. The first-order valence-electron chi connectivity index (χ1n) is 9.42. The normalized spacial score (nSPS) is 10.8. The van der Waals surface area contributed by atoms with Crippen LogP contribution in [-0.4, -0.2) is 41.5 Å². The van der Waals surface area contributed by atoms with Crippen molar-refractivity contribution in [1.29, 1.82) is 0 Å². The smallest absolute Gasteiger partial charge is 0.239 e. The molecule has 0 fully saturated rings. The average molecular weight is 438 g/mol. The summed E-state index contributed by atoms with van der Waals surface area (Å²) in [5, 5.41) is 14.4. The number of hydrogen-bond acceptors (Lipinski definition) is 8. The van der Waals surface area contributed by atoms with Gasteiger partial charge in [0.15, 0.2) is 11.5 Å². The Hall–Kier alpha value is -3.79. The molecular weight excluding hydrogens is 418 g/mol. The van der Waals surface area contributed by atoms with Crippen molar-refractivity contribution in [1.82, 2.24) is 29.7 Å². The number of halogens is 1. The van der Waals surface area contributed by atoms with Gasteiger partial charge >= 0.3 is 0 Å². The zero-order chi connectivity index (χ0) is 22.0. The first-order valence-corrected chi connectivity index (χ1v) is 9.96. The molecule has 4 aromatic heterocycles. The third-order valence-electron chi connectivity index (χ3n) is 4.58. The minimum absolute atomic E-state index is 0.131. The average Bonchev–Trinajstić information content (AvgIpc) is 3.07. The number of alkyl halides is 1. The van der Waals surface area contributed by atoms with Crippen LogP contribution < -0.4 is 16.0 Å². The standard InChI is InChI=1S/C20H20ClN9O/c1-11-15(5-4-6-22-11)27-20-24-10-14-18(29-30(3)19(14)28-20)26-16-7-13(9-23-12(16)2)25-17(31)8-21/h4-7,9-10H,8H2,1-3H3,(H,25,31)(H,26,29)(H,24,27,28). The number of hydrogen-bond donors (Lipinski definition) is 3. The molecule has 0 aliphatic carbocycles. The number of carbonyl (C=O) groups is 1. The fraction of sp³-hybridized carbons (Fsp3) is 0.200. The minimum atomic E-state index is -0.307. The van der Waals surface area contributed by atoms with E-state index in [-0.39, 0.29) is 11.8 Å². The molecule has 0 atom stereocenters. The second kappa shape index (κ2) is 8.52. The lowest BCUT2D eigenvalue weighted by molar-refractivity contribution is -0.113. The third-order valence-corrected chi connectivity index (χ3v) is 4.82. The molecule has 158 valence electrons. The summed E-state index contributed by atoms with van der Waals surface area (Å²) < 4.78 is 1.67. The van der Waals surface area contributed by atoms with Gasteiger partial charge in [-0.1, -0.05) is 0 Å². The lowest BCUT2D eigenvalue weighted by Crippen LogP contribution is -2.13. The molecule has 10 nitrogen and oxygen atoms in total. The Morgan fingerprint density at radius 2 is 1.90 bits per heavy atom. The van der Waals surface area contributed by atoms with Gasteiger partial charge in [-0.25, -0.2) is 9.67 Å². The summed E-state index contributed by atoms with van der Waals surface area (Å²) in [5.74, 6) is 0.585. The molecule has 11 heteroatoms. The van der Waals surface area contributed by atoms with E-state index < -0.39 is 0 Å². The number of nitrogens with zero attached hydrogens (tertiary/aromatic N) is 6. The van der Waals surface area contributed by atoms with Crippen LogP contribution in [0.3, 0.4) is 0 Å². The van der Waals surface area contributed by atoms with E-state index in [1.165, 1.54) is 0 Å². The fourth-order valence-electron chi connectivity index (χ4n) is 2.98. The van der Waals surface area contributed by atoms with Crippen LogP contribution in [0.4, 0.5) is 28.8 Å². The Bertz CT molecular complexity index is 1270. The van der Waals surface area contributed by atoms with E-state index in [2.05, 4.69) is 41.0 Å². The van der Waals surface area contributed by atoms with Crippen LogP contribution >= 0.6 is 11.6 Å². The largest absolute Gasteiger partial charge is 0.337 e. The van der Waals surface area contributed by atoms with Crippen molar-refractivity contribution < 1.29 is 4.79 Å². The Balaban J connectivity index is 1.63. The summed E-state index contributed by atoms with van der Waals surface area (Å²) >= 11 is 5.56. The number of anilines is 5. The molecule has 4 rings (SSSR count). The maximum absolute atomic E-state index is 11.6. The van der Waals surface area contributed by atoms with Crippen molar-refractivity contribution in [2.75, 3.05) is 21.8 Å². The molecule has 0 radical (unpaired) electrons. The van der Waals surface area contributed by atoms with Crippen LogP contribution in [0.1, 0.15) is 11.4 Å². The highest BCUT2D eigenvalue weighted by molar-refractivity contribution is 6.29. The van der Waals surface area contributed by atoms with E-state index in [1.807, 2.05) is 33.0 Å². The van der Waals surface area contributed by atoms with Crippen molar-refractivity contribution in [2.45, 2.75) is 13.8 Å². The third kappa shape index (κ3) is 4.38. The number of carbonyl (C=O) groups excluding carboxylic acids is 1. The van der Waals surface area contributed by atoms with Gasteiger partial charge in [-0.2, -0.15) is 10.1 Å². The molecule has 3 N–H and O–H groups in total. The van der Waals surface area contributed by atoms with Crippen molar-refractivity contribution in [3.63, 3.8) is 0 Å². The Morgan fingerprint density at radius 1 is 1.10 bits per heavy atom. The van der Waals surface area contributed by atoms with Crippen LogP contribution in [0.15, 0.2) is 36.8 Å². The zero-order valence-corrected chi connectivity index (χ0v) is 17.9. The lowest BCUT2D eigenvalue weighted by atomic mass is 10.2. The monoisotopic (exact) mass is 437 g/mol. The van der Waals surface area contributed by atoms with Gasteiger partial charge in [0, 0.05) is 19.4 Å². The Kier molecular flexibility index (Phi) is 5.63. The van der Waals surface area contributed by atoms with Gasteiger partial charge < -0.3 is 16.0 Å². The summed E-state index contributed by atoms with van der Waals surface area (Å²) in [4.78, 5) is 29.1. The number of nitrogens with one attached hydrogen (secondary N) is 3. The fourth-order valence-corrected chi connectivity index (χ4v) is 3.04. The minimum Gasteiger partial charge on any atom is -0.337 e. The van der Waals surface area contributed by atoms with Crippen LogP contribution in [0, 0.1) is 13.8 Å². The van der Waals surface area contributed by atoms with Gasteiger partial charge in [0.1, 0.15) is 5.88 Å².